The summed E-state index contributed by atoms with van der Waals surface area (Å²) >= 11 is 2.11. The van der Waals surface area contributed by atoms with Crippen LogP contribution in [0.3, 0.4) is 0 Å². The fourth-order valence-corrected chi connectivity index (χ4v) is 3.91. The van der Waals surface area contributed by atoms with Gasteiger partial charge in [0.15, 0.2) is 0 Å². The number of hydrogen-bond donors (Lipinski definition) is 1. The fourth-order valence-electron chi connectivity index (χ4n) is 2.62. The molecule has 1 aliphatic heterocycles. The molecule has 2 atom stereocenters. The Morgan fingerprint density at radius 3 is 2.53 bits per heavy atom. The lowest BCUT2D eigenvalue weighted by Gasteiger charge is -2.40. The molecule has 3 heteroatoms. The normalized spacial score (nSPS) is 25.8. The van der Waals surface area contributed by atoms with Crippen LogP contribution in [0.5, 0.6) is 0 Å². The SMILES string of the molecule is CCC(CC)C(NC)C1CSCCN1C. The first-order valence-corrected chi connectivity index (χ1v) is 7.35. The summed E-state index contributed by atoms with van der Waals surface area (Å²) in [5, 5.41) is 3.55. The van der Waals surface area contributed by atoms with Crippen molar-refractivity contribution < 1.29 is 0 Å². The maximum absolute atomic E-state index is 3.55. The van der Waals surface area contributed by atoms with Crippen molar-refractivity contribution >= 4 is 11.8 Å². The molecule has 15 heavy (non-hydrogen) atoms. The van der Waals surface area contributed by atoms with E-state index in [2.05, 4.69) is 49.9 Å². The van der Waals surface area contributed by atoms with Gasteiger partial charge in [0.05, 0.1) is 0 Å². The molecule has 0 aromatic rings. The molecule has 1 heterocycles. The Labute approximate surface area is 99.2 Å². The second kappa shape index (κ2) is 6.77. The maximum Gasteiger partial charge on any atom is 0.0339 e. The van der Waals surface area contributed by atoms with Gasteiger partial charge in [-0.2, -0.15) is 11.8 Å². The van der Waals surface area contributed by atoms with Crippen molar-refractivity contribution in [2.75, 3.05) is 32.1 Å². The van der Waals surface area contributed by atoms with Crippen LogP contribution in [0, 0.1) is 5.92 Å². The molecule has 1 aliphatic rings. The molecular weight excluding hydrogens is 204 g/mol. The summed E-state index contributed by atoms with van der Waals surface area (Å²) in [6, 6.07) is 1.39. The molecule has 0 aromatic heterocycles. The van der Waals surface area contributed by atoms with Crippen molar-refractivity contribution in [2.24, 2.45) is 5.92 Å². The quantitative estimate of drug-likeness (QED) is 0.778. The van der Waals surface area contributed by atoms with Gasteiger partial charge in [-0.3, -0.25) is 0 Å². The highest BCUT2D eigenvalue weighted by molar-refractivity contribution is 7.99. The Morgan fingerprint density at radius 2 is 2.07 bits per heavy atom. The van der Waals surface area contributed by atoms with E-state index in [1.165, 1.54) is 30.9 Å². The number of hydrogen-bond acceptors (Lipinski definition) is 3. The zero-order chi connectivity index (χ0) is 11.3. The average molecular weight is 230 g/mol. The summed E-state index contributed by atoms with van der Waals surface area (Å²) in [4.78, 5) is 2.54. The maximum atomic E-state index is 3.55. The molecule has 0 bridgehead atoms. The first-order valence-electron chi connectivity index (χ1n) is 6.19. The van der Waals surface area contributed by atoms with E-state index in [1.54, 1.807) is 0 Å². The minimum absolute atomic E-state index is 0.665. The van der Waals surface area contributed by atoms with E-state index in [0.29, 0.717) is 6.04 Å². The average Bonchev–Trinajstić information content (AvgIpc) is 2.27. The van der Waals surface area contributed by atoms with Crippen LogP contribution in [-0.4, -0.2) is 49.1 Å². The number of rotatable bonds is 5. The van der Waals surface area contributed by atoms with Crippen LogP contribution >= 0.6 is 11.8 Å². The first-order chi connectivity index (χ1) is 7.24. The van der Waals surface area contributed by atoms with Gasteiger partial charge < -0.3 is 10.2 Å². The Bertz CT molecular complexity index is 171. The lowest BCUT2D eigenvalue weighted by Crippen LogP contribution is -2.54. The Hall–Kier alpha value is 0.270. The lowest BCUT2D eigenvalue weighted by atomic mass is 9.89. The highest BCUT2D eigenvalue weighted by Crippen LogP contribution is 2.24. The standard InChI is InChI=1S/C12H26N2S/c1-5-10(6-2)12(13-3)11-9-15-8-7-14(11)4/h10-13H,5-9H2,1-4H3. The van der Waals surface area contributed by atoms with Crippen LogP contribution in [0.2, 0.25) is 0 Å². The molecule has 1 fully saturated rings. The van der Waals surface area contributed by atoms with Gasteiger partial charge in [0.1, 0.15) is 0 Å². The fraction of sp³-hybridized carbons (Fsp3) is 1.00. The summed E-state index contributed by atoms with van der Waals surface area (Å²) in [5.41, 5.74) is 0. The third-order valence-electron chi connectivity index (χ3n) is 3.75. The van der Waals surface area contributed by atoms with Gasteiger partial charge in [-0.15, -0.1) is 0 Å². The van der Waals surface area contributed by atoms with E-state index in [1.807, 2.05) is 0 Å². The van der Waals surface area contributed by atoms with Crippen molar-refractivity contribution in [2.45, 2.75) is 38.8 Å². The Morgan fingerprint density at radius 1 is 1.40 bits per heavy atom. The van der Waals surface area contributed by atoms with E-state index < -0.39 is 0 Å². The van der Waals surface area contributed by atoms with Gasteiger partial charge >= 0.3 is 0 Å². The van der Waals surface area contributed by atoms with Crippen LogP contribution in [0.15, 0.2) is 0 Å². The lowest BCUT2D eigenvalue weighted by molar-refractivity contribution is 0.174. The van der Waals surface area contributed by atoms with Crippen LogP contribution in [-0.2, 0) is 0 Å². The molecule has 0 spiro atoms. The summed E-state index contributed by atoms with van der Waals surface area (Å²) in [6.07, 6.45) is 2.58. The van der Waals surface area contributed by atoms with Crippen molar-refractivity contribution in [1.82, 2.24) is 10.2 Å². The van der Waals surface area contributed by atoms with E-state index >= 15 is 0 Å². The molecule has 0 radical (unpaired) electrons. The largest absolute Gasteiger partial charge is 0.315 e. The number of nitrogens with zero attached hydrogens (tertiary/aromatic N) is 1. The van der Waals surface area contributed by atoms with Gasteiger partial charge in [-0.1, -0.05) is 26.7 Å². The predicted molar refractivity (Wildman–Crippen MR) is 70.7 cm³/mol. The number of thioether (sulfide) groups is 1. The molecule has 0 aliphatic carbocycles. The molecular formula is C12H26N2S. The zero-order valence-corrected chi connectivity index (χ0v) is 11.4. The second-order valence-corrected chi connectivity index (χ2v) is 5.66. The number of likely N-dealkylation sites (N-methyl/N-ethyl adjacent to an activating group) is 2. The smallest absolute Gasteiger partial charge is 0.0339 e. The van der Waals surface area contributed by atoms with Crippen molar-refractivity contribution in [3.8, 4) is 0 Å². The van der Waals surface area contributed by atoms with Crippen LogP contribution in [0.4, 0.5) is 0 Å². The summed E-state index contributed by atoms with van der Waals surface area (Å²) < 4.78 is 0. The zero-order valence-electron chi connectivity index (χ0n) is 10.6. The molecule has 1 saturated heterocycles. The molecule has 90 valence electrons. The molecule has 1 N–H and O–H groups in total. The number of nitrogens with one attached hydrogen (secondary N) is 1. The Kier molecular flexibility index (Phi) is 6.02. The predicted octanol–water partition coefficient (Wildman–Crippen LogP) is 2.06. The molecule has 2 unspecified atom stereocenters. The first kappa shape index (κ1) is 13.3. The van der Waals surface area contributed by atoms with Crippen molar-refractivity contribution in [3.05, 3.63) is 0 Å². The highest BCUT2D eigenvalue weighted by atomic mass is 32.2. The van der Waals surface area contributed by atoms with Crippen LogP contribution < -0.4 is 5.32 Å². The van der Waals surface area contributed by atoms with Gasteiger partial charge in [-0.25, -0.2) is 0 Å². The monoisotopic (exact) mass is 230 g/mol. The van der Waals surface area contributed by atoms with Crippen LogP contribution in [0.25, 0.3) is 0 Å². The van der Waals surface area contributed by atoms with E-state index in [-0.39, 0.29) is 0 Å². The van der Waals surface area contributed by atoms with Gasteiger partial charge in [0, 0.05) is 30.1 Å². The van der Waals surface area contributed by atoms with Gasteiger partial charge in [0.25, 0.3) is 0 Å². The molecule has 0 amide bonds. The third kappa shape index (κ3) is 3.36. The minimum Gasteiger partial charge on any atom is -0.315 e. The molecule has 2 nitrogen and oxygen atoms in total. The third-order valence-corrected chi connectivity index (χ3v) is 4.80. The van der Waals surface area contributed by atoms with E-state index in [0.717, 1.165) is 12.0 Å². The Balaban J connectivity index is 2.62. The van der Waals surface area contributed by atoms with Crippen molar-refractivity contribution in [3.63, 3.8) is 0 Å². The summed E-state index contributed by atoms with van der Waals surface area (Å²) in [7, 11) is 4.40. The van der Waals surface area contributed by atoms with E-state index in [9.17, 15) is 0 Å². The molecule has 1 rings (SSSR count). The summed E-state index contributed by atoms with van der Waals surface area (Å²) in [6.45, 7) is 5.87. The minimum atomic E-state index is 0.665. The molecule has 0 saturated carbocycles. The van der Waals surface area contributed by atoms with E-state index in [4.69, 9.17) is 0 Å². The van der Waals surface area contributed by atoms with Gasteiger partial charge in [-0.05, 0) is 20.0 Å². The second-order valence-electron chi connectivity index (χ2n) is 4.51. The topological polar surface area (TPSA) is 15.3 Å². The summed E-state index contributed by atoms with van der Waals surface area (Å²) in [5.74, 6) is 3.41. The van der Waals surface area contributed by atoms with Gasteiger partial charge in [0.2, 0.25) is 0 Å². The molecule has 0 aromatic carbocycles. The van der Waals surface area contributed by atoms with Crippen LogP contribution in [0.1, 0.15) is 26.7 Å². The highest BCUT2D eigenvalue weighted by Gasteiger charge is 2.30. The van der Waals surface area contributed by atoms with Crippen molar-refractivity contribution in [1.29, 1.82) is 0 Å².